The summed E-state index contributed by atoms with van der Waals surface area (Å²) in [6.07, 6.45) is 3.29. The van der Waals surface area contributed by atoms with Gasteiger partial charge in [-0.25, -0.2) is 9.97 Å². The van der Waals surface area contributed by atoms with Crippen molar-refractivity contribution in [2.45, 2.75) is 12.8 Å². The second-order valence-corrected chi connectivity index (χ2v) is 4.14. The summed E-state index contributed by atoms with van der Waals surface area (Å²) < 4.78 is 12.9. The van der Waals surface area contributed by atoms with Crippen LogP contribution in [0.15, 0.2) is 12.4 Å². The highest BCUT2D eigenvalue weighted by Gasteiger charge is 2.19. The van der Waals surface area contributed by atoms with Crippen molar-refractivity contribution in [2.75, 3.05) is 31.6 Å². The Balaban J connectivity index is 1.96. The Hall–Kier alpha value is -1.72. The zero-order valence-corrected chi connectivity index (χ0v) is 9.77. The van der Waals surface area contributed by atoms with Crippen LogP contribution in [0.2, 0.25) is 0 Å². The average molecular weight is 238 g/mol. The van der Waals surface area contributed by atoms with E-state index in [0.717, 1.165) is 32.3 Å². The SMILES string of the molecule is CN(CC(=O)N1CCCC1)c1cc(F)ncn1. The van der Waals surface area contributed by atoms with E-state index in [0.29, 0.717) is 5.82 Å². The average Bonchev–Trinajstić information content (AvgIpc) is 2.82. The maximum atomic E-state index is 12.9. The molecule has 0 unspecified atom stereocenters. The van der Waals surface area contributed by atoms with Gasteiger partial charge in [-0.15, -0.1) is 0 Å². The first-order chi connectivity index (χ1) is 8.16. The van der Waals surface area contributed by atoms with Crippen molar-refractivity contribution < 1.29 is 9.18 Å². The summed E-state index contributed by atoms with van der Waals surface area (Å²) in [5, 5.41) is 0. The van der Waals surface area contributed by atoms with Gasteiger partial charge in [-0.2, -0.15) is 4.39 Å². The fraction of sp³-hybridized carbons (Fsp3) is 0.545. The zero-order chi connectivity index (χ0) is 12.3. The summed E-state index contributed by atoms with van der Waals surface area (Å²) in [4.78, 5) is 22.6. The molecule has 2 rings (SSSR count). The third-order valence-electron chi connectivity index (χ3n) is 2.84. The number of amides is 1. The van der Waals surface area contributed by atoms with E-state index >= 15 is 0 Å². The van der Waals surface area contributed by atoms with Crippen molar-refractivity contribution >= 4 is 11.7 Å². The molecule has 1 amide bonds. The number of carbonyl (C=O) groups is 1. The Morgan fingerprint density at radius 2 is 2.18 bits per heavy atom. The number of likely N-dealkylation sites (tertiary alicyclic amines) is 1. The van der Waals surface area contributed by atoms with Crippen LogP contribution in [0.3, 0.4) is 0 Å². The van der Waals surface area contributed by atoms with Crippen LogP contribution in [0.25, 0.3) is 0 Å². The number of carbonyl (C=O) groups excluding carboxylic acids is 1. The number of likely N-dealkylation sites (N-methyl/N-ethyl adjacent to an activating group) is 1. The van der Waals surface area contributed by atoms with E-state index in [-0.39, 0.29) is 12.5 Å². The highest BCUT2D eigenvalue weighted by Crippen LogP contribution is 2.11. The number of nitrogens with zero attached hydrogens (tertiary/aromatic N) is 4. The van der Waals surface area contributed by atoms with Crippen molar-refractivity contribution in [3.63, 3.8) is 0 Å². The van der Waals surface area contributed by atoms with Crippen molar-refractivity contribution in [3.8, 4) is 0 Å². The Labute approximate surface area is 99.3 Å². The number of halogens is 1. The first-order valence-corrected chi connectivity index (χ1v) is 5.63. The standard InChI is InChI=1S/C11H15FN4O/c1-15(10-6-9(12)13-8-14-10)7-11(17)16-4-2-3-5-16/h6,8H,2-5,7H2,1H3. The molecule has 92 valence electrons. The molecule has 0 bridgehead atoms. The number of anilines is 1. The smallest absolute Gasteiger partial charge is 0.242 e. The monoisotopic (exact) mass is 238 g/mol. The Bertz CT molecular complexity index is 406. The zero-order valence-electron chi connectivity index (χ0n) is 9.77. The van der Waals surface area contributed by atoms with Gasteiger partial charge in [-0.05, 0) is 12.8 Å². The van der Waals surface area contributed by atoms with E-state index in [1.165, 1.54) is 6.07 Å². The second kappa shape index (κ2) is 5.07. The summed E-state index contributed by atoms with van der Waals surface area (Å²) in [6.45, 7) is 1.87. The predicted octanol–water partition coefficient (Wildman–Crippen LogP) is 0.674. The Morgan fingerprint density at radius 1 is 1.47 bits per heavy atom. The van der Waals surface area contributed by atoms with Gasteiger partial charge in [0.2, 0.25) is 11.9 Å². The van der Waals surface area contributed by atoms with E-state index in [1.54, 1.807) is 11.9 Å². The molecule has 0 radical (unpaired) electrons. The van der Waals surface area contributed by atoms with E-state index < -0.39 is 5.95 Å². The van der Waals surface area contributed by atoms with Crippen molar-refractivity contribution in [1.82, 2.24) is 14.9 Å². The van der Waals surface area contributed by atoms with Crippen molar-refractivity contribution in [1.29, 1.82) is 0 Å². The molecule has 6 heteroatoms. The fourth-order valence-electron chi connectivity index (χ4n) is 1.88. The molecule has 2 heterocycles. The van der Waals surface area contributed by atoms with Crippen LogP contribution in [0, 0.1) is 5.95 Å². The molecule has 1 aromatic heterocycles. The fourth-order valence-corrected chi connectivity index (χ4v) is 1.88. The molecule has 1 saturated heterocycles. The first-order valence-electron chi connectivity index (χ1n) is 5.63. The largest absolute Gasteiger partial charge is 0.350 e. The lowest BCUT2D eigenvalue weighted by Crippen LogP contribution is -2.37. The normalized spacial score (nSPS) is 15.1. The maximum absolute atomic E-state index is 12.9. The molecule has 0 atom stereocenters. The van der Waals surface area contributed by atoms with Crippen LogP contribution >= 0.6 is 0 Å². The molecule has 17 heavy (non-hydrogen) atoms. The topological polar surface area (TPSA) is 49.3 Å². The molecular formula is C11H15FN4O. The van der Waals surface area contributed by atoms with E-state index in [4.69, 9.17) is 0 Å². The Morgan fingerprint density at radius 3 is 2.82 bits per heavy atom. The Kier molecular flexibility index (Phi) is 3.51. The van der Waals surface area contributed by atoms with E-state index in [1.807, 2.05) is 4.90 Å². The van der Waals surface area contributed by atoms with Crippen LogP contribution in [0.4, 0.5) is 10.2 Å². The summed E-state index contributed by atoms with van der Waals surface area (Å²) in [5.74, 6) is -0.107. The van der Waals surface area contributed by atoms with E-state index in [2.05, 4.69) is 9.97 Å². The van der Waals surface area contributed by atoms with Gasteiger partial charge in [0.05, 0.1) is 6.54 Å². The maximum Gasteiger partial charge on any atom is 0.242 e. The second-order valence-electron chi connectivity index (χ2n) is 4.14. The molecule has 1 fully saturated rings. The third-order valence-corrected chi connectivity index (χ3v) is 2.84. The van der Waals surface area contributed by atoms with Gasteiger partial charge >= 0.3 is 0 Å². The molecule has 1 aliphatic heterocycles. The molecule has 1 aliphatic rings. The van der Waals surface area contributed by atoms with Crippen LogP contribution < -0.4 is 4.90 Å². The minimum Gasteiger partial charge on any atom is -0.350 e. The summed E-state index contributed by atoms with van der Waals surface area (Å²) in [5.41, 5.74) is 0. The lowest BCUT2D eigenvalue weighted by molar-refractivity contribution is -0.128. The van der Waals surface area contributed by atoms with Gasteiger partial charge in [0.25, 0.3) is 0 Å². The summed E-state index contributed by atoms with van der Waals surface area (Å²) in [7, 11) is 1.72. The summed E-state index contributed by atoms with van der Waals surface area (Å²) in [6, 6.07) is 1.22. The van der Waals surface area contributed by atoms with Crippen LogP contribution in [0.5, 0.6) is 0 Å². The van der Waals surface area contributed by atoms with Gasteiger partial charge in [0.1, 0.15) is 12.1 Å². The molecule has 0 N–H and O–H groups in total. The number of hydrogen-bond donors (Lipinski definition) is 0. The van der Waals surface area contributed by atoms with Crippen LogP contribution in [-0.2, 0) is 4.79 Å². The molecule has 0 aromatic carbocycles. The van der Waals surface area contributed by atoms with Crippen molar-refractivity contribution in [3.05, 3.63) is 18.3 Å². The van der Waals surface area contributed by atoms with Crippen molar-refractivity contribution in [2.24, 2.45) is 0 Å². The van der Waals surface area contributed by atoms with Crippen LogP contribution in [0.1, 0.15) is 12.8 Å². The number of hydrogen-bond acceptors (Lipinski definition) is 4. The first kappa shape index (κ1) is 11.8. The number of rotatable bonds is 3. The van der Waals surface area contributed by atoms with E-state index in [9.17, 15) is 9.18 Å². The predicted molar refractivity (Wildman–Crippen MR) is 61.1 cm³/mol. The molecule has 0 saturated carbocycles. The van der Waals surface area contributed by atoms with Gasteiger partial charge in [0, 0.05) is 26.2 Å². The lowest BCUT2D eigenvalue weighted by Gasteiger charge is -2.21. The number of aromatic nitrogens is 2. The van der Waals surface area contributed by atoms with Gasteiger partial charge < -0.3 is 9.80 Å². The molecule has 5 nitrogen and oxygen atoms in total. The minimum absolute atomic E-state index is 0.0593. The molecule has 1 aromatic rings. The van der Waals surface area contributed by atoms with Crippen LogP contribution in [-0.4, -0.2) is 47.5 Å². The molecule has 0 aliphatic carbocycles. The van der Waals surface area contributed by atoms with Gasteiger partial charge in [0.15, 0.2) is 0 Å². The lowest BCUT2D eigenvalue weighted by atomic mass is 10.4. The quantitative estimate of drug-likeness (QED) is 0.726. The van der Waals surface area contributed by atoms with Gasteiger partial charge in [-0.3, -0.25) is 4.79 Å². The highest BCUT2D eigenvalue weighted by atomic mass is 19.1. The summed E-state index contributed by atoms with van der Waals surface area (Å²) >= 11 is 0. The minimum atomic E-state index is -0.588. The molecule has 0 spiro atoms. The van der Waals surface area contributed by atoms with Gasteiger partial charge in [-0.1, -0.05) is 0 Å². The third kappa shape index (κ3) is 2.89. The highest BCUT2D eigenvalue weighted by molar-refractivity contribution is 5.81. The molecular weight excluding hydrogens is 223 g/mol.